The van der Waals surface area contributed by atoms with Crippen LogP contribution in [0.2, 0.25) is 0 Å². The Morgan fingerprint density at radius 1 is 0.400 bits per heavy atom. The van der Waals surface area contributed by atoms with Gasteiger partial charge in [0.1, 0.15) is 73.2 Å². The van der Waals surface area contributed by atoms with Crippen LogP contribution in [-0.2, 0) is 33.2 Å². The third kappa shape index (κ3) is 10.7. The Balaban J connectivity index is 0. The zero-order valence-electron chi connectivity index (χ0n) is 26.1. The smallest absolute Gasteiger partial charge is 0.176 e. The van der Waals surface area contributed by atoms with E-state index in [1.807, 2.05) is 0 Å². The summed E-state index contributed by atoms with van der Waals surface area (Å²) < 4.78 is 39.2. The van der Waals surface area contributed by atoms with E-state index in [4.69, 9.17) is 56.1 Å². The van der Waals surface area contributed by atoms with Crippen LogP contribution in [-0.4, -0.2) is 206 Å². The maximum Gasteiger partial charge on any atom is 0.176 e. The molecule has 0 aromatic carbocycles. The summed E-state index contributed by atoms with van der Waals surface area (Å²) in [4.78, 5) is 0. The predicted octanol–water partition coefficient (Wildman–Crippen LogP) is -9.02. The first-order valence-corrected chi connectivity index (χ1v) is 14.4. The molecule has 4 rings (SSSR count). The molecule has 20 atom stereocenters. The lowest BCUT2D eigenvalue weighted by Crippen LogP contribution is -2.70. The molecule has 26 heteroatoms. The summed E-state index contributed by atoms with van der Waals surface area (Å²) in [6.07, 6.45) is -23.5. The number of hydrogen-bond donors (Lipinski definition) is 14. The molecule has 4 saturated heterocycles. The van der Waals surface area contributed by atoms with E-state index in [-0.39, 0.29) is 55.1 Å². The van der Waals surface area contributed by atoms with Crippen molar-refractivity contribution < 1.29 is 89.7 Å². The van der Waals surface area contributed by atoms with Crippen LogP contribution < -0.4 is 22.9 Å². The quantitative estimate of drug-likeness (QED) is 0.0972. The Kier molecular flexibility index (Phi) is 23.7. The maximum absolute atomic E-state index is 11.1. The molecular weight excluding hydrogens is 774 g/mol. The fourth-order valence-corrected chi connectivity index (χ4v) is 5.72. The maximum atomic E-state index is 11.1. The van der Waals surface area contributed by atoms with Crippen LogP contribution in [0.1, 0.15) is 0 Å². The molecule has 304 valence electrons. The SMILES string of the molecule is Cl.Cl.Cl.Cl.N[C@H]1[C@H](O[C@H]2[C@H](O)[C@@H](N)[C@H](O[C@H]3[C@H](O)[C@@H](N)[C@H](O[C@H]4[C@H](O)[C@@H](N)C(O)O[C@@H]4CO)O[C@@H]3CO)O[C@@H]2CO)O[C@H](CO)[C@@H](O)[C@@H]1O.O. The first-order chi connectivity index (χ1) is 21.3. The lowest BCUT2D eigenvalue weighted by atomic mass is 9.94. The van der Waals surface area contributed by atoms with Crippen LogP contribution in [0, 0.1) is 0 Å². The van der Waals surface area contributed by atoms with E-state index >= 15 is 0 Å². The molecular formula is C24H52Cl4N4O18. The van der Waals surface area contributed by atoms with E-state index in [0.717, 1.165) is 0 Å². The highest BCUT2D eigenvalue weighted by Gasteiger charge is 2.54. The van der Waals surface area contributed by atoms with Crippen molar-refractivity contribution in [3.63, 3.8) is 0 Å². The number of halogens is 4. The van der Waals surface area contributed by atoms with Crippen LogP contribution in [0.15, 0.2) is 0 Å². The average Bonchev–Trinajstić information content (AvgIpc) is 3.03. The van der Waals surface area contributed by atoms with E-state index in [1.165, 1.54) is 0 Å². The van der Waals surface area contributed by atoms with E-state index < -0.39 is 149 Å². The summed E-state index contributed by atoms with van der Waals surface area (Å²) in [6.45, 7) is -2.91. The number of ether oxygens (including phenoxy) is 7. The van der Waals surface area contributed by atoms with Gasteiger partial charge in [0.2, 0.25) is 0 Å². The topological polar surface area (TPSA) is 402 Å². The molecule has 0 bridgehead atoms. The Bertz CT molecular complexity index is 946. The van der Waals surface area contributed by atoms with Crippen molar-refractivity contribution in [2.45, 2.75) is 123 Å². The minimum Gasteiger partial charge on any atom is -0.412 e. The van der Waals surface area contributed by atoms with Gasteiger partial charge in [0.15, 0.2) is 25.2 Å². The first-order valence-electron chi connectivity index (χ1n) is 14.4. The molecule has 50 heavy (non-hydrogen) atoms. The summed E-state index contributed by atoms with van der Waals surface area (Å²) in [7, 11) is 0. The molecule has 0 aromatic rings. The van der Waals surface area contributed by atoms with Crippen LogP contribution in [0.4, 0.5) is 0 Å². The Labute approximate surface area is 310 Å². The van der Waals surface area contributed by atoms with E-state index in [9.17, 15) is 51.1 Å². The van der Waals surface area contributed by atoms with Crippen LogP contribution in [0.5, 0.6) is 0 Å². The zero-order valence-corrected chi connectivity index (χ0v) is 29.4. The third-order valence-corrected chi connectivity index (χ3v) is 8.52. The van der Waals surface area contributed by atoms with Gasteiger partial charge in [-0.2, -0.15) is 0 Å². The van der Waals surface area contributed by atoms with Gasteiger partial charge >= 0.3 is 0 Å². The lowest BCUT2D eigenvalue weighted by molar-refractivity contribution is -0.358. The van der Waals surface area contributed by atoms with Crippen molar-refractivity contribution in [2.24, 2.45) is 22.9 Å². The number of nitrogens with two attached hydrogens (primary N) is 4. The van der Waals surface area contributed by atoms with Crippen molar-refractivity contribution in [1.82, 2.24) is 0 Å². The van der Waals surface area contributed by atoms with Gasteiger partial charge in [0.25, 0.3) is 0 Å². The molecule has 1 unspecified atom stereocenters. The molecule has 0 saturated carbocycles. The third-order valence-electron chi connectivity index (χ3n) is 8.52. The average molecular weight is 827 g/mol. The number of rotatable bonds is 10. The molecule has 4 heterocycles. The summed E-state index contributed by atoms with van der Waals surface area (Å²) in [5.74, 6) is 0. The molecule has 0 spiro atoms. The predicted molar refractivity (Wildman–Crippen MR) is 174 cm³/mol. The van der Waals surface area contributed by atoms with Crippen molar-refractivity contribution in [2.75, 3.05) is 26.4 Å². The normalized spacial score (nSPS) is 47.6. The molecule has 0 aromatic heterocycles. The van der Waals surface area contributed by atoms with Crippen LogP contribution in [0.3, 0.4) is 0 Å². The van der Waals surface area contributed by atoms with Crippen molar-refractivity contribution >= 4 is 49.6 Å². The van der Waals surface area contributed by atoms with Gasteiger partial charge in [0, 0.05) is 0 Å². The minimum atomic E-state index is -1.65. The zero-order chi connectivity index (χ0) is 33.3. The minimum absolute atomic E-state index is 0. The molecule has 4 aliphatic rings. The van der Waals surface area contributed by atoms with Crippen LogP contribution in [0.25, 0.3) is 0 Å². The van der Waals surface area contributed by atoms with Gasteiger partial charge < -0.3 is 113 Å². The Morgan fingerprint density at radius 3 is 1.02 bits per heavy atom. The van der Waals surface area contributed by atoms with Crippen molar-refractivity contribution in [1.29, 1.82) is 0 Å². The van der Waals surface area contributed by atoms with Gasteiger partial charge in [-0.25, -0.2) is 0 Å². The second-order valence-corrected chi connectivity index (χ2v) is 11.5. The van der Waals surface area contributed by atoms with Crippen molar-refractivity contribution in [3.05, 3.63) is 0 Å². The molecule has 0 radical (unpaired) electrons. The summed E-state index contributed by atoms with van der Waals surface area (Å²) in [5, 5.41) is 102. The lowest BCUT2D eigenvalue weighted by Gasteiger charge is -2.49. The molecule has 20 N–H and O–H groups in total. The fraction of sp³-hybridized carbons (Fsp3) is 1.00. The number of hydrogen-bond acceptors (Lipinski definition) is 21. The van der Waals surface area contributed by atoms with Gasteiger partial charge in [-0.15, -0.1) is 49.6 Å². The Morgan fingerprint density at radius 2 is 0.680 bits per heavy atom. The fourth-order valence-electron chi connectivity index (χ4n) is 5.72. The highest BCUT2D eigenvalue weighted by molar-refractivity contribution is 5.86. The standard InChI is InChI=1S/C24H46N4O17.4ClH.H2O/c25-9-15(35)18(6(2-30)39-21(9)38)43-23-11(27)17(37)20(8(4-32)41-23)45-24-12(28)16(36)19(7(3-31)42-24)44-22-10(26)14(34)13(33)5(1-29)40-22;;;;;/h5-24,29-38H,1-4,25-28H2;4*1H;1H2/t5-,6-,7-,8-,9-,10-,11-,12-,13-,14-,15-,16-,17-,18-,19-,20-,21?,22+,23+,24+;;;;;/m1...../s1. The van der Waals surface area contributed by atoms with E-state index in [0.29, 0.717) is 0 Å². The molecule has 4 fully saturated rings. The van der Waals surface area contributed by atoms with E-state index in [1.54, 1.807) is 0 Å². The monoisotopic (exact) mass is 824 g/mol. The van der Waals surface area contributed by atoms with E-state index in [2.05, 4.69) is 0 Å². The number of aliphatic hydroxyl groups excluding tert-OH is 10. The van der Waals surface area contributed by atoms with Crippen LogP contribution >= 0.6 is 49.6 Å². The largest absolute Gasteiger partial charge is 0.412 e. The summed E-state index contributed by atoms with van der Waals surface area (Å²) in [5.41, 5.74) is 24.0. The van der Waals surface area contributed by atoms with Gasteiger partial charge in [-0.05, 0) is 0 Å². The molecule has 4 aliphatic heterocycles. The summed E-state index contributed by atoms with van der Waals surface area (Å²) in [6, 6.07) is -5.48. The van der Waals surface area contributed by atoms with Crippen molar-refractivity contribution in [3.8, 4) is 0 Å². The number of aliphatic hydroxyl groups is 10. The van der Waals surface area contributed by atoms with Gasteiger partial charge in [0.05, 0.1) is 50.6 Å². The first kappa shape index (κ1) is 52.4. The molecule has 0 aliphatic carbocycles. The Hall–Kier alpha value is 0.280. The van der Waals surface area contributed by atoms with Gasteiger partial charge in [-0.1, -0.05) is 0 Å². The highest BCUT2D eigenvalue weighted by Crippen LogP contribution is 2.33. The molecule has 0 amide bonds. The second kappa shape index (κ2) is 22.6. The second-order valence-electron chi connectivity index (χ2n) is 11.5. The summed E-state index contributed by atoms with van der Waals surface area (Å²) >= 11 is 0. The highest BCUT2D eigenvalue weighted by atomic mass is 35.5. The van der Waals surface area contributed by atoms with Gasteiger partial charge in [-0.3, -0.25) is 0 Å². The molecule has 22 nitrogen and oxygen atoms in total.